The predicted octanol–water partition coefficient (Wildman–Crippen LogP) is 3.88. The van der Waals surface area contributed by atoms with Gasteiger partial charge in [-0.1, -0.05) is 12.1 Å². The van der Waals surface area contributed by atoms with Gasteiger partial charge in [0.1, 0.15) is 11.6 Å². The molecule has 0 heterocycles. The SMILES string of the molecule is C/C(=N\NC(=O)c1ccccc1Br)c1ccc(F)cc1F. The fraction of sp³-hybridized carbons (Fsp3) is 0.0667. The number of rotatable bonds is 3. The fourth-order valence-electron chi connectivity index (χ4n) is 1.68. The minimum absolute atomic E-state index is 0.129. The van der Waals surface area contributed by atoms with Crippen LogP contribution in [-0.4, -0.2) is 11.6 Å². The van der Waals surface area contributed by atoms with E-state index in [-0.39, 0.29) is 11.3 Å². The van der Waals surface area contributed by atoms with Crippen molar-refractivity contribution in [2.24, 2.45) is 5.10 Å². The molecule has 108 valence electrons. The molecule has 1 N–H and O–H groups in total. The molecule has 0 spiro atoms. The molecular formula is C15H11BrF2N2O. The van der Waals surface area contributed by atoms with Crippen molar-refractivity contribution in [1.82, 2.24) is 5.43 Å². The summed E-state index contributed by atoms with van der Waals surface area (Å²) in [6.07, 6.45) is 0. The summed E-state index contributed by atoms with van der Waals surface area (Å²) in [7, 11) is 0. The highest BCUT2D eigenvalue weighted by atomic mass is 79.9. The van der Waals surface area contributed by atoms with Gasteiger partial charge in [-0.15, -0.1) is 0 Å². The van der Waals surface area contributed by atoms with Crippen molar-refractivity contribution in [3.63, 3.8) is 0 Å². The van der Waals surface area contributed by atoms with E-state index in [1.54, 1.807) is 24.3 Å². The average molecular weight is 353 g/mol. The molecule has 2 aromatic carbocycles. The van der Waals surface area contributed by atoms with Crippen LogP contribution in [0, 0.1) is 11.6 Å². The number of hydrogen-bond donors (Lipinski definition) is 1. The van der Waals surface area contributed by atoms with Gasteiger partial charge in [-0.3, -0.25) is 4.79 Å². The lowest BCUT2D eigenvalue weighted by molar-refractivity contribution is 0.0954. The molecule has 0 saturated heterocycles. The van der Waals surface area contributed by atoms with Crippen LogP contribution in [-0.2, 0) is 0 Å². The standard InChI is InChI=1S/C15H11BrF2N2O/c1-9(11-7-6-10(17)8-14(11)18)19-20-15(21)12-4-2-3-5-13(12)16/h2-8H,1H3,(H,20,21)/b19-9+. The molecule has 1 amide bonds. The zero-order valence-electron chi connectivity index (χ0n) is 11.0. The molecule has 0 aliphatic carbocycles. The average Bonchev–Trinajstić information content (AvgIpc) is 2.45. The minimum atomic E-state index is -0.730. The smallest absolute Gasteiger partial charge is 0.267 e. The Morgan fingerprint density at radius 2 is 1.86 bits per heavy atom. The Morgan fingerprint density at radius 3 is 2.52 bits per heavy atom. The number of hydrogen-bond acceptors (Lipinski definition) is 2. The second kappa shape index (κ2) is 6.58. The van der Waals surface area contributed by atoms with Crippen LogP contribution in [0.3, 0.4) is 0 Å². The molecule has 0 radical (unpaired) electrons. The van der Waals surface area contributed by atoms with E-state index in [0.29, 0.717) is 10.0 Å². The number of carbonyl (C=O) groups is 1. The lowest BCUT2D eigenvalue weighted by atomic mass is 10.1. The summed E-state index contributed by atoms with van der Waals surface area (Å²) in [5.41, 5.74) is 3.12. The molecule has 6 heteroatoms. The summed E-state index contributed by atoms with van der Waals surface area (Å²) in [5.74, 6) is -1.82. The Morgan fingerprint density at radius 1 is 1.14 bits per heavy atom. The quantitative estimate of drug-likeness (QED) is 0.660. The molecule has 0 atom stereocenters. The monoisotopic (exact) mass is 352 g/mol. The lowest BCUT2D eigenvalue weighted by Crippen LogP contribution is -2.20. The zero-order valence-corrected chi connectivity index (χ0v) is 12.6. The van der Waals surface area contributed by atoms with E-state index in [0.717, 1.165) is 12.1 Å². The van der Waals surface area contributed by atoms with Gasteiger partial charge in [0, 0.05) is 16.1 Å². The maximum Gasteiger partial charge on any atom is 0.272 e. The Bertz CT molecular complexity index is 717. The van der Waals surface area contributed by atoms with Crippen molar-refractivity contribution in [3.8, 4) is 0 Å². The van der Waals surface area contributed by atoms with Crippen molar-refractivity contribution in [2.45, 2.75) is 6.92 Å². The van der Waals surface area contributed by atoms with Gasteiger partial charge in [0.15, 0.2) is 0 Å². The molecule has 2 rings (SSSR count). The first-order valence-corrected chi connectivity index (χ1v) is 6.83. The van der Waals surface area contributed by atoms with Crippen LogP contribution in [0.5, 0.6) is 0 Å². The van der Waals surface area contributed by atoms with E-state index < -0.39 is 17.5 Å². The van der Waals surface area contributed by atoms with Crippen molar-refractivity contribution in [2.75, 3.05) is 0 Å². The van der Waals surface area contributed by atoms with Gasteiger partial charge in [0.05, 0.1) is 11.3 Å². The maximum absolute atomic E-state index is 13.6. The summed E-state index contributed by atoms with van der Waals surface area (Å²) in [5, 5.41) is 3.84. The van der Waals surface area contributed by atoms with E-state index in [2.05, 4.69) is 26.5 Å². The molecule has 0 aliphatic rings. The van der Waals surface area contributed by atoms with Crippen LogP contribution < -0.4 is 5.43 Å². The number of benzene rings is 2. The number of nitrogens with one attached hydrogen (secondary N) is 1. The minimum Gasteiger partial charge on any atom is -0.267 e. The second-order valence-electron chi connectivity index (χ2n) is 4.24. The van der Waals surface area contributed by atoms with E-state index in [1.165, 1.54) is 13.0 Å². The first-order chi connectivity index (χ1) is 9.99. The third-order valence-electron chi connectivity index (χ3n) is 2.76. The lowest BCUT2D eigenvalue weighted by Gasteiger charge is -2.05. The summed E-state index contributed by atoms with van der Waals surface area (Å²) < 4.78 is 27.0. The number of halogens is 3. The van der Waals surface area contributed by atoms with E-state index >= 15 is 0 Å². The zero-order chi connectivity index (χ0) is 15.4. The summed E-state index contributed by atoms with van der Waals surface area (Å²) in [6.45, 7) is 1.52. The molecule has 0 bridgehead atoms. The summed E-state index contributed by atoms with van der Waals surface area (Å²) in [6, 6.07) is 10.0. The molecule has 21 heavy (non-hydrogen) atoms. The number of amides is 1. The van der Waals surface area contributed by atoms with E-state index in [4.69, 9.17) is 0 Å². The number of carbonyl (C=O) groups excluding carboxylic acids is 1. The van der Waals surface area contributed by atoms with Gasteiger partial charge in [0.2, 0.25) is 0 Å². The summed E-state index contributed by atoms with van der Waals surface area (Å²) >= 11 is 3.26. The van der Waals surface area contributed by atoms with E-state index in [1.807, 2.05) is 0 Å². The second-order valence-corrected chi connectivity index (χ2v) is 5.10. The Kier molecular flexibility index (Phi) is 4.80. The first kappa shape index (κ1) is 15.3. The molecular weight excluding hydrogens is 342 g/mol. The van der Waals surface area contributed by atoms with Crippen LogP contribution in [0.15, 0.2) is 52.0 Å². The van der Waals surface area contributed by atoms with Gasteiger partial charge in [0.25, 0.3) is 5.91 Å². The molecule has 0 aromatic heterocycles. The van der Waals surface area contributed by atoms with Crippen molar-refractivity contribution < 1.29 is 13.6 Å². The first-order valence-electron chi connectivity index (χ1n) is 6.03. The van der Waals surface area contributed by atoms with Gasteiger partial charge < -0.3 is 0 Å². The highest BCUT2D eigenvalue weighted by Crippen LogP contribution is 2.15. The number of nitrogens with zero attached hydrogens (tertiary/aromatic N) is 1. The van der Waals surface area contributed by atoms with Crippen molar-refractivity contribution >= 4 is 27.5 Å². The molecule has 0 saturated carbocycles. The van der Waals surface area contributed by atoms with Gasteiger partial charge in [-0.05, 0) is 47.1 Å². The molecule has 0 fully saturated rings. The maximum atomic E-state index is 13.6. The van der Waals surface area contributed by atoms with Crippen LogP contribution in [0.4, 0.5) is 8.78 Å². The molecule has 2 aromatic rings. The predicted molar refractivity (Wildman–Crippen MR) is 80.2 cm³/mol. The van der Waals surface area contributed by atoms with Crippen LogP contribution in [0.2, 0.25) is 0 Å². The third kappa shape index (κ3) is 3.72. The molecule has 0 aliphatic heterocycles. The van der Waals surface area contributed by atoms with Crippen LogP contribution in [0.1, 0.15) is 22.8 Å². The van der Waals surface area contributed by atoms with Gasteiger partial charge in [-0.25, -0.2) is 14.2 Å². The number of hydrazone groups is 1. The fourth-order valence-corrected chi connectivity index (χ4v) is 2.15. The van der Waals surface area contributed by atoms with Crippen molar-refractivity contribution in [1.29, 1.82) is 0 Å². The Labute approximate surface area is 128 Å². The topological polar surface area (TPSA) is 41.5 Å². The van der Waals surface area contributed by atoms with Crippen molar-refractivity contribution in [3.05, 3.63) is 69.7 Å². The largest absolute Gasteiger partial charge is 0.272 e. The summed E-state index contributed by atoms with van der Waals surface area (Å²) in [4.78, 5) is 11.9. The molecule has 3 nitrogen and oxygen atoms in total. The normalized spacial score (nSPS) is 11.3. The van der Waals surface area contributed by atoms with E-state index in [9.17, 15) is 13.6 Å². The highest BCUT2D eigenvalue weighted by Gasteiger charge is 2.10. The van der Waals surface area contributed by atoms with Crippen LogP contribution >= 0.6 is 15.9 Å². The molecule has 0 unspecified atom stereocenters. The van der Waals surface area contributed by atoms with Crippen LogP contribution in [0.25, 0.3) is 0 Å². The Hall–Kier alpha value is -2.08. The Balaban J connectivity index is 2.17. The van der Waals surface area contributed by atoms with Gasteiger partial charge in [-0.2, -0.15) is 5.10 Å². The highest BCUT2D eigenvalue weighted by molar-refractivity contribution is 9.10. The van der Waals surface area contributed by atoms with Gasteiger partial charge >= 0.3 is 0 Å². The third-order valence-corrected chi connectivity index (χ3v) is 3.46.